The number of fused-ring (bicyclic) bond motifs is 2. The van der Waals surface area contributed by atoms with Gasteiger partial charge in [0.25, 0.3) is 5.91 Å². The molecule has 7 heteroatoms. The summed E-state index contributed by atoms with van der Waals surface area (Å²) in [7, 11) is 1.57. The number of carbonyl (C=O) groups is 1. The molecule has 5 rings (SSSR count). The molecule has 1 fully saturated rings. The minimum atomic E-state index is -0.217. The summed E-state index contributed by atoms with van der Waals surface area (Å²) in [6.07, 6.45) is 6.53. The molecule has 0 saturated carbocycles. The number of methoxy groups -OCH3 is 1. The van der Waals surface area contributed by atoms with Crippen LogP contribution in [0.25, 0.3) is 5.65 Å². The molecule has 0 radical (unpaired) electrons. The van der Waals surface area contributed by atoms with Crippen molar-refractivity contribution in [2.24, 2.45) is 0 Å². The number of anilines is 1. The molecule has 2 aliphatic heterocycles. The molecular formula is C22H23N3O4. The molecule has 29 heavy (non-hydrogen) atoms. The molecule has 0 atom stereocenters. The Bertz CT molecular complexity index is 1070. The predicted molar refractivity (Wildman–Crippen MR) is 108 cm³/mol. The van der Waals surface area contributed by atoms with Crippen molar-refractivity contribution >= 4 is 17.2 Å². The van der Waals surface area contributed by atoms with E-state index in [1.165, 1.54) is 0 Å². The highest BCUT2D eigenvalue weighted by atomic mass is 16.5. The molecule has 2 aliphatic rings. The zero-order valence-corrected chi connectivity index (χ0v) is 16.3. The molecule has 1 saturated heterocycles. The van der Waals surface area contributed by atoms with Crippen LogP contribution >= 0.6 is 0 Å². The van der Waals surface area contributed by atoms with Crippen molar-refractivity contribution in [3.05, 3.63) is 53.5 Å². The molecule has 0 aliphatic carbocycles. The van der Waals surface area contributed by atoms with Crippen LogP contribution in [0.15, 0.2) is 36.7 Å². The highest BCUT2D eigenvalue weighted by Crippen LogP contribution is 2.33. The van der Waals surface area contributed by atoms with E-state index in [4.69, 9.17) is 19.2 Å². The van der Waals surface area contributed by atoms with Crippen LogP contribution in [-0.2, 0) is 11.2 Å². The summed E-state index contributed by atoms with van der Waals surface area (Å²) in [6, 6.07) is 7.53. The molecule has 0 bridgehead atoms. The van der Waals surface area contributed by atoms with Gasteiger partial charge in [0.2, 0.25) is 0 Å². The van der Waals surface area contributed by atoms with Gasteiger partial charge >= 0.3 is 0 Å². The van der Waals surface area contributed by atoms with Crippen LogP contribution < -0.4 is 14.8 Å². The summed E-state index contributed by atoms with van der Waals surface area (Å²) in [5.41, 5.74) is 4.08. The average molecular weight is 393 g/mol. The molecule has 0 unspecified atom stereocenters. The number of rotatable bonds is 4. The van der Waals surface area contributed by atoms with Crippen molar-refractivity contribution in [1.82, 2.24) is 9.38 Å². The third kappa shape index (κ3) is 3.31. The van der Waals surface area contributed by atoms with Gasteiger partial charge in [-0.1, -0.05) is 6.07 Å². The standard InChI is InChI=1S/C22H23N3O4/c1-27-20-11-21-23-18(14-5-8-28-9-6-14)13-25(21)12-16(20)22(26)24-17-3-2-4-19-15(17)7-10-29-19/h2-4,11-14H,5-10H2,1H3,(H,24,26). The Morgan fingerprint density at radius 2 is 2.10 bits per heavy atom. The molecule has 7 nitrogen and oxygen atoms in total. The predicted octanol–water partition coefficient (Wildman–Crippen LogP) is 3.42. The highest BCUT2D eigenvalue weighted by Gasteiger charge is 2.22. The Morgan fingerprint density at radius 3 is 2.93 bits per heavy atom. The summed E-state index contributed by atoms with van der Waals surface area (Å²) in [5.74, 6) is 1.51. The van der Waals surface area contributed by atoms with Crippen LogP contribution in [0.4, 0.5) is 5.69 Å². The molecule has 150 valence electrons. The number of imidazole rings is 1. The lowest BCUT2D eigenvalue weighted by molar-refractivity contribution is 0.0846. The van der Waals surface area contributed by atoms with Gasteiger partial charge < -0.3 is 23.9 Å². The maximum Gasteiger partial charge on any atom is 0.260 e. The van der Waals surface area contributed by atoms with E-state index in [0.29, 0.717) is 23.8 Å². The lowest BCUT2D eigenvalue weighted by Crippen LogP contribution is -2.15. The van der Waals surface area contributed by atoms with E-state index in [9.17, 15) is 4.79 Å². The molecular weight excluding hydrogens is 370 g/mol. The first-order valence-corrected chi connectivity index (χ1v) is 9.93. The minimum Gasteiger partial charge on any atom is -0.496 e. The summed E-state index contributed by atoms with van der Waals surface area (Å²) < 4.78 is 18.5. The first-order valence-electron chi connectivity index (χ1n) is 9.93. The fraction of sp³-hybridized carbons (Fsp3) is 0.364. The first kappa shape index (κ1) is 18.0. The van der Waals surface area contributed by atoms with Gasteiger partial charge in [-0.15, -0.1) is 0 Å². The molecule has 1 N–H and O–H groups in total. The van der Waals surface area contributed by atoms with E-state index in [0.717, 1.165) is 60.8 Å². The summed E-state index contributed by atoms with van der Waals surface area (Å²) in [4.78, 5) is 17.8. The van der Waals surface area contributed by atoms with Gasteiger partial charge in [-0.05, 0) is 25.0 Å². The summed E-state index contributed by atoms with van der Waals surface area (Å²) >= 11 is 0. The lowest BCUT2D eigenvalue weighted by Gasteiger charge is -2.19. The maximum absolute atomic E-state index is 13.1. The Morgan fingerprint density at radius 1 is 1.24 bits per heavy atom. The fourth-order valence-electron chi connectivity index (χ4n) is 4.09. The smallest absolute Gasteiger partial charge is 0.260 e. The fourth-order valence-corrected chi connectivity index (χ4v) is 4.09. The van der Waals surface area contributed by atoms with E-state index >= 15 is 0 Å². The van der Waals surface area contributed by atoms with Crippen molar-refractivity contribution in [3.8, 4) is 11.5 Å². The van der Waals surface area contributed by atoms with Crippen LogP contribution in [-0.4, -0.2) is 42.2 Å². The van der Waals surface area contributed by atoms with Crippen molar-refractivity contribution < 1.29 is 19.0 Å². The molecule has 1 aromatic carbocycles. The largest absolute Gasteiger partial charge is 0.496 e. The second-order valence-corrected chi connectivity index (χ2v) is 7.41. The Balaban J connectivity index is 1.47. The Labute approximate surface area is 168 Å². The molecule has 3 aromatic rings. The topological polar surface area (TPSA) is 74.1 Å². The van der Waals surface area contributed by atoms with Gasteiger partial charge in [0.1, 0.15) is 17.1 Å². The number of nitrogens with one attached hydrogen (secondary N) is 1. The zero-order valence-electron chi connectivity index (χ0n) is 16.3. The van der Waals surface area contributed by atoms with Gasteiger partial charge in [0, 0.05) is 55.3 Å². The normalized spacial score (nSPS) is 16.4. The molecule has 0 spiro atoms. The third-order valence-corrected chi connectivity index (χ3v) is 5.67. The molecule has 4 heterocycles. The van der Waals surface area contributed by atoms with Crippen molar-refractivity contribution in [2.45, 2.75) is 25.2 Å². The summed E-state index contributed by atoms with van der Waals surface area (Å²) in [6.45, 7) is 2.17. The van der Waals surface area contributed by atoms with E-state index in [-0.39, 0.29) is 5.91 Å². The van der Waals surface area contributed by atoms with E-state index in [1.807, 2.05) is 34.9 Å². The number of amides is 1. The van der Waals surface area contributed by atoms with Crippen molar-refractivity contribution in [1.29, 1.82) is 0 Å². The second-order valence-electron chi connectivity index (χ2n) is 7.41. The zero-order chi connectivity index (χ0) is 19.8. The lowest BCUT2D eigenvalue weighted by atomic mass is 9.97. The minimum absolute atomic E-state index is 0.217. The monoisotopic (exact) mass is 393 g/mol. The SMILES string of the molecule is COc1cc2nc(C3CCOCC3)cn2cc1C(=O)Nc1cccc2c1CCO2. The van der Waals surface area contributed by atoms with E-state index in [1.54, 1.807) is 13.3 Å². The van der Waals surface area contributed by atoms with Gasteiger partial charge in [0.05, 0.1) is 25.0 Å². The van der Waals surface area contributed by atoms with Crippen LogP contribution in [0.1, 0.15) is 40.4 Å². The van der Waals surface area contributed by atoms with Crippen molar-refractivity contribution in [3.63, 3.8) is 0 Å². The molecule has 2 aromatic heterocycles. The van der Waals surface area contributed by atoms with E-state index < -0.39 is 0 Å². The number of hydrogen-bond acceptors (Lipinski definition) is 5. The van der Waals surface area contributed by atoms with Gasteiger partial charge in [-0.25, -0.2) is 4.98 Å². The van der Waals surface area contributed by atoms with Crippen molar-refractivity contribution in [2.75, 3.05) is 32.2 Å². The van der Waals surface area contributed by atoms with Gasteiger partial charge in [0.15, 0.2) is 0 Å². The number of carbonyl (C=O) groups excluding carboxylic acids is 1. The summed E-state index contributed by atoms with van der Waals surface area (Å²) in [5, 5.41) is 3.02. The first-order chi connectivity index (χ1) is 14.2. The van der Waals surface area contributed by atoms with Crippen LogP contribution in [0.2, 0.25) is 0 Å². The number of benzene rings is 1. The van der Waals surface area contributed by atoms with Crippen LogP contribution in [0.5, 0.6) is 11.5 Å². The van der Waals surface area contributed by atoms with E-state index in [2.05, 4.69) is 5.32 Å². The van der Waals surface area contributed by atoms with Gasteiger partial charge in [-0.3, -0.25) is 4.79 Å². The van der Waals surface area contributed by atoms with Crippen LogP contribution in [0.3, 0.4) is 0 Å². The second kappa shape index (κ2) is 7.40. The Kier molecular flexibility index (Phi) is 4.60. The number of ether oxygens (including phenoxy) is 3. The third-order valence-electron chi connectivity index (χ3n) is 5.67. The average Bonchev–Trinajstić information content (AvgIpc) is 3.40. The van der Waals surface area contributed by atoms with Gasteiger partial charge in [-0.2, -0.15) is 0 Å². The maximum atomic E-state index is 13.1. The quantitative estimate of drug-likeness (QED) is 0.735. The number of aromatic nitrogens is 2. The Hall–Kier alpha value is -3.06. The number of hydrogen-bond donors (Lipinski definition) is 1. The van der Waals surface area contributed by atoms with Crippen LogP contribution in [0, 0.1) is 0 Å². The highest BCUT2D eigenvalue weighted by molar-refractivity contribution is 6.06. The molecule has 1 amide bonds. The number of pyridine rings is 1. The number of nitrogens with zero attached hydrogens (tertiary/aromatic N) is 2.